The van der Waals surface area contributed by atoms with E-state index in [4.69, 9.17) is 0 Å². The molecule has 2 aliphatic heterocycles. The fourth-order valence-corrected chi connectivity index (χ4v) is 6.50. The lowest BCUT2D eigenvalue weighted by molar-refractivity contribution is -0.134. The van der Waals surface area contributed by atoms with E-state index in [9.17, 15) is 4.79 Å². The van der Waals surface area contributed by atoms with Crippen molar-refractivity contribution in [3.05, 3.63) is 22.5 Å². The lowest BCUT2D eigenvalue weighted by atomic mass is 9.94. The maximum Gasteiger partial charge on any atom is 0.236 e. The molecule has 0 radical (unpaired) electrons. The number of hydrogen-bond acceptors (Lipinski definition) is 6. The Balaban J connectivity index is 1.16. The average molecular weight is 414 g/mol. The van der Waals surface area contributed by atoms with Crippen molar-refractivity contribution in [2.45, 2.75) is 58.0 Å². The highest BCUT2D eigenvalue weighted by atomic mass is 32.1. The highest BCUT2D eigenvalue weighted by molar-refractivity contribution is 7.18. The molecule has 156 valence electrons. The summed E-state index contributed by atoms with van der Waals surface area (Å²) in [6.07, 6.45) is 9.82. The third-order valence-corrected chi connectivity index (χ3v) is 8.04. The second kappa shape index (κ2) is 8.28. The van der Waals surface area contributed by atoms with E-state index >= 15 is 0 Å². The Morgan fingerprint density at radius 2 is 1.93 bits per heavy atom. The van der Waals surface area contributed by atoms with Gasteiger partial charge in [0.25, 0.3) is 0 Å². The lowest BCUT2D eigenvalue weighted by Gasteiger charge is -2.41. The van der Waals surface area contributed by atoms with Crippen molar-refractivity contribution in [3.63, 3.8) is 0 Å². The molecule has 3 aliphatic rings. The molecule has 0 aromatic carbocycles. The van der Waals surface area contributed by atoms with E-state index in [2.05, 4.69) is 24.7 Å². The van der Waals surface area contributed by atoms with E-state index in [1.807, 2.05) is 13.1 Å². The van der Waals surface area contributed by atoms with Gasteiger partial charge < -0.3 is 4.90 Å². The van der Waals surface area contributed by atoms with E-state index in [1.165, 1.54) is 47.9 Å². The first kappa shape index (κ1) is 19.4. The molecule has 2 aromatic rings. The Kier molecular flexibility index (Phi) is 5.54. The van der Waals surface area contributed by atoms with Crippen molar-refractivity contribution in [3.8, 4) is 0 Å². The van der Waals surface area contributed by atoms with Crippen LogP contribution in [0.4, 0.5) is 0 Å². The van der Waals surface area contributed by atoms with Crippen molar-refractivity contribution in [2.75, 3.05) is 39.3 Å². The molecule has 0 unspecified atom stereocenters. The van der Waals surface area contributed by atoms with Gasteiger partial charge in [-0.1, -0.05) is 19.3 Å². The summed E-state index contributed by atoms with van der Waals surface area (Å²) < 4.78 is 0. The summed E-state index contributed by atoms with van der Waals surface area (Å²) in [5.41, 5.74) is 1.40. The van der Waals surface area contributed by atoms with Gasteiger partial charge in [0, 0.05) is 61.8 Å². The molecule has 0 spiro atoms. The molecule has 0 atom stereocenters. The van der Waals surface area contributed by atoms with Crippen LogP contribution in [0.3, 0.4) is 0 Å². The average Bonchev–Trinajstić information content (AvgIpc) is 3.11. The molecule has 0 bridgehead atoms. The van der Waals surface area contributed by atoms with Gasteiger partial charge in [0.05, 0.1) is 6.54 Å². The molecule has 1 aliphatic carbocycles. The molecular weight excluding hydrogens is 382 g/mol. The summed E-state index contributed by atoms with van der Waals surface area (Å²) in [6, 6.07) is 0.765. The number of carbonyl (C=O) groups is 1. The Morgan fingerprint density at radius 1 is 1.14 bits per heavy atom. The van der Waals surface area contributed by atoms with Gasteiger partial charge in [0.1, 0.15) is 10.7 Å². The summed E-state index contributed by atoms with van der Waals surface area (Å²) >= 11 is 1.77. The van der Waals surface area contributed by atoms with E-state index in [0.717, 1.165) is 62.4 Å². The van der Waals surface area contributed by atoms with E-state index < -0.39 is 0 Å². The van der Waals surface area contributed by atoms with Crippen molar-refractivity contribution >= 4 is 27.5 Å². The normalized spacial score (nSPS) is 22.2. The minimum atomic E-state index is 0.300. The third kappa shape index (κ3) is 4.05. The minimum Gasteiger partial charge on any atom is -0.339 e. The number of thiophene rings is 1. The van der Waals surface area contributed by atoms with Crippen molar-refractivity contribution in [1.29, 1.82) is 0 Å². The van der Waals surface area contributed by atoms with Crippen LogP contribution >= 0.6 is 11.3 Å². The molecule has 0 N–H and O–H groups in total. The van der Waals surface area contributed by atoms with Gasteiger partial charge in [-0.3, -0.25) is 14.6 Å². The number of amides is 1. The molecule has 6 nitrogen and oxygen atoms in total. The van der Waals surface area contributed by atoms with Gasteiger partial charge in [0.2, 0.25) is 5.91 Å². The first-order valence-corrected chi connectivity index (χ1v) is 12.0. The maximum atomic E-state index is 12.9. The SMILES string of the molecule is Cc1ncc2c3c(sc2n1)CN(CC(=O)N1CCN(C2CCCCC2)CC1)CC3. The smallest absolute Gasteiger partial charge is 0.236 e. The van der Waals surface area contributed by atoms with Crippen LogP contribution in [0.2, 0.25) is 0 Å². The molecule has 29 heavy (non-hydrogen) atoms. The van der Waals surface area contributed by atoms with Crippen LogP contribution in [0, 0.1) is 6.92 Å². The Bertz CT molecular complexity index is 883. The highest BCUT2D eigenvalue weighted by Crippen LogP contribution is 2.33. The molecule has 1 saturated carbocycles. The van der Waals surface area contributed by atoms with Crippen LogP contribution < -0.4 is 0 Å². The van der Waals surface area contributed by atoms with Gasteiger partial charge in [-0.25, -0.2) is 9.97 Å². The molecule has 2 aromatic heterocycles. The fraction of sp³-hybridized carbons (Fsp3) is 0.682. The second-order valence-electron chi connectivity index (χ2n) is 8.81. The molecule has 1 saturated heterocycles. The molecule has 1 amide bonds. The van der Waals surface area contributed by atoms with Gasteiger partial charge in [-0.15, -0.1) is 11.3 Å². The minimum absolute atomic E-state index is 0.300. The van der Waals surface area contributed by atoms with Crippen LogP contribution in [-0.4, -0.2) is 75.9 Å². The zero-order chi connectivity index (χ0) is 19.8. The van der Waals surface area contributed by atoms with Gasteiger partial charge in [0.15, 0.2) is 0 Å². The Hall–Kier alpha value is -1.57. The third-order valence-electron chi connectivity index (χ3n) is 6.92. The molecule has 5 rings (SSSR count). The van der Waals surface area contributed by atoms with Crippen molar-refractivity contribution in [2.24, 2.45) is 0 Å². The number of carbonyl (C=O) groups excluding carboxylic acids is 1. The number of piperazine rings is 1. The first-order chi connectivity index (χ1) is 14.2. The van der Waals surface area contributed by atoms with Gasteiger partial charge in [-0.05, 0) is 31.7 Å². The van der Waals surface area contributed by atoms with Crippen molar-refractivity contribution in [1.82, 2.24) is 24.7 Å². The fourth-order valence-electron chi connectivity index (χ4n) is 5.23. The molecular formula is C22H31N5OS. The Labute approximate surface area is 176 Å². The number of nitrogens with zero attached hydrogens (tertiary/aromatic N) is 5. The van der Waals surface area contributed by atoms with Crippen LogP contribution in [0.1, 0.15) is 48.4 Å². The van der Waals surface area contributed by atoms with Gasteiger partial charge in [-0.2, -0.15) is 0 Å². The summed E-state index contributed by atoms with van der Waals surface area (Å²) in [5, 5.41) is 1.21. The molecule has 7 heteroatoms. The zero-order valence-electron chi connectivity index (χ0n) is 17.4. The topological polar surface area (TPSA) is 52.6 Å². The lowest BCUT2D eigenvalue weighted by Crippen LogP contribution is -2.54. The number of rotatable bonds is 3. The molecule has 4 heterocycles. The standard InChI is InChI=1S/C22H31N5OS/c1-16-23-13-19-18-7-8-25(14-20(18)29-22(19)24-16)15-21(28)27-11-9-26(10-12-27)17-5-3-2-4-6-17/h13,17H,2-12,14-15H2,1H3. The zero-order valence-corrected chi connectivity index (χ0v) is 18.2. The van der Waals surface area contributed by atoms with Crippen LogP contribution in [-0.2, 0) is 17.8 Å². The highest BCUT2D eigenvalue weighted by Gasteiger charge is 2.29. The summed E-state index contributed by atoms with van der Waals surface area (Å²) in [5.74, 6) is 1.13. The summed E-state index contributed by atoms with van der Waals surface area (Å²) in [4.78, 5) is 31.4. The number of fused-ring (bicyclic) bond motifs is 3. The van der Waals surface area contributed by atoms with E-state index in [0.29, 0.717) is 12.5 Å². The summed E-state index contributed by atoms with van der Waals surface area (Å²) in [6.45, 7) is 8.19. The molecule has 2 fully saturated rings. The van der Waals surface area contributed by atoms with Gasteiger partial charge >= 0.3 is 0 Å². The summed E-state index contributed by atoms with van der Waals surface area (Å²) in [7, 11) is 0. The predicted octanol–water partition coefficient (Wildman–Crippen LogP) is 2.83. The number of hydrogen-bond donors (Lipinski definition) is 0. The van der Waals surface area contributed by atoms with E-state index in [1.54, 1.807) is 11.3 Å². The number of aryl methyl sites for hydroxylation is 1. The van der Waals surface area contributed by atoms with Crippen LogP contribution in [0.25, 0.3) is 10.2 Å². The number of aromatic nitrogens is 2. The van der Waals surface area contributed by atoms with Crippen LogP contribution in [0.5, 0.6) is 0 Å². The van der Waals surface area contributed by atoms with E-state index in [-0.39, 0.29) is 0 Å². The van der Waals surface area contributed by atoms with Crippen LogP contribution in [0.15, 0.2) is 6.20 Å². The second-order valence-corrected chi connectivity index (χ2v) is 9.89. The quantitative estimate of drug-likeness (QED) is 0.775. The maximum absolute atomic E-state index is 12.9. The Morgan fingerprint density at radius 3 is 2.72 bits per heavy atom. The first-order valence-electron chi connectivity index (χ1n) is 11.2. The largest absolute Gasteiger partial charge is 0.339 e. The monoisotopic (exact) mass is 413 g/mol. The predicted molar refractivity (Wildman–Crippen MR) is 116 cm³/mol. The van der Waals surface area contributed by atoms with Crippen molar-refractivity contribution < 1.29 is 4.79 Å².